The Balaban J connectivity index is 1.39. The molecule has 0 bridgehead atoms. The SMILES string of the molecule is C[C@]12CCC3C(C(C4CC4)CC4=C/C(=N\O)CC[C@@H]43)C1CC[C@@]21C=CC(=O)O1. The van der Waals surface area contributed by atoms with E-state index in [9.17, 15) is 10.0 Å². The Morgan fingerprint density at radius 3 is 2.71 bits per heavy atom. The van der Waals surface area contributed by atoms with E-state index in [1.165, 1.54) is 38.5 Å². The van der Waals surface area contributed by atoms with Crippen molar-refractivity contribution in [1.29, 1.82) is 0 Å². The molecule has 4 fully saturated rings. The monoisotopic (exact) mass is 381 g/mol. The lowest BCUT2D eigenvalue weighted by molar-refractivity contribution is -0.163. The van der Waals surface area contributed by atoms with Gasteiger partial charge in [0.05, 0.1) is 5.71 Å². The summed E-state index contributed by atoms with van der Waals surface area (Å²) in [5.74, 6) is 4.39. The second-order valence-electron chi connectivity index (χ2n) is 10.6. The Labute approximate surface area is 167 Å². The number of nitrogens with zero attached hydrogens (tertiary/aromatic N) is 1. The van der Waals surface area contributed by atoms with E-state index in [1.807, 2.05) is 0 Å². The number of carbonyl (C=O) groups excluding carboxylic acids is 1. The third kappa shape index (κ3) is 2.18. The topological polar surface area (TPSA) is 58.9 Å². The second kappa shape index (κ2) is 5.73. The molecule has 0 aromatic heterocycles. The maximum Gasteiger partial charge on any atom is 0.331 e. The zero-order valence-electron chi connectivity index (χ0n) is 16.8. The first kappa shape index (κ1) is 17.3. The van der Waals surface area contributed by atoms with Crippen molar-refractivity contribution in [1.82, 2.24) is 0 Å². The van der Waals surface area contributed by atoms with E-state index in [4.69, 9.17) is 4.74 Å². The summed E-state index contributed by atoms with van der Waals surface area (Å²) in [6, 6.07) is 0. The minimum absolute atomic E-state index is 0.0948. The molecule has 0 aromatic rings. The molecule has 0 amide bonds. The van der Waals surface area contributed by atoms with Crippen molar-refractivity contribution in [3.8, 4) is 0 Å². The lowest BCUT2D eigenvalue weighted by Crippen LogP contribution is -2.54. The van der Waals surface area contributed by atoms with E-state index in [2.05, 4.69) is 24.2 Å². The number of allylic oxidation sites excluding steroid dienone is 2. The fourth-order valence-electron chi connectivity index (χ4n) is 8.31. The first-order valence-corrected chi connectivity index (χ1v) is 11.4. The van der Waals surface area contributed by atoms with Gasteiger partial charge in [0.2, 0.25) is 0 Å². The van der Waals surface area contributed by atoms with Crippen molar-refractivity contribution in [2.24, 2.45) is 46.1 Å². The Morgan fingerprint density at radius 1 is 1.14 bits per heavy atom. The summed E-state index contributed by atoms with van der Waals surface area (Å²) < 4.78 is 6.00. The van der Waals surface area contributed by atoms with Gasteiger partial charge in [0, 0.05) is 11.5 Å². The van der Waals surface area contributed by atoms with Crippen molar-refractivity contribution in [2.75, 3.05) is 0 Å². The summed E-state index contributed by atoms with van der Waals surface area (Å²) in [6.45, 7) is 2.43. The van der Waals surface area contributed by atoms with Crippen LogP contribution in [0.25, 0.3) is 0 Å². The van der Waals surface area contributed by atoms with Crippen molar-refractivity contribution in [2.45, 2.75) is 70.3 Å². The Morgan fingerprint density at radius 2 is 2.00 bits per heavy atom. The number of esters is 1. The van der Waals surface area contributed by atoms with Crippen LogP contribution in [0.15, 0.2) is 29.0 Å². The second-order valence-corrected chi connectivity index (χ2v) is 10.6. The van der Waals surface area contributed by atoms with Crippen LogP contribution in [-0.2, 0) is 9.53 Å². The summed E-state index contributed by atoms with van der Waals surface area (Å²) in [6.07, 6.45) is 16.7. The fraction of sp³-hybridized carbons (Fsp3) is 0.750. The van der Waals surface area contributed by atoms with Crippen LogP contribution in [-0.4, -0.2) is 22.5 Å². The first-order chi connectivity index (χ1) is 13.5. The van der Waals surface area contributed by atoms with Crippen LogP contribution in [0.1, 0.15) is 64.7 Å². The van der Waals surface area contributed by atoms with Gasteiger partial charge in [0.15, 0.2) is 0 Å². The normalized spacial score (nSPS) is 50.9. The molecular formula is C24H31NO3. The molecule has 5 aliphatic carbocycles. The van der Waals surface area contributed by atoms with E-state index in [1.54, 1.807) is 11.6 Å². The van der Waals surface area contributed by atoms with Crippen molar-refractivity contribution >= 4 is 11.7 Å². The van der Waals surface area contributed by atoms with Crippen LogP contribution in [0, 0.1) is 40.9 Å². The lowest BCUT2D eigenvalue weighted by Gasteiger charge is -2.58. The van der Waals surface area contributed by atoms with Crippen molar-refractivity contribution in [3.63, 3.8) is 0 Å². The summed E-state index contributed by atoms with van der Waals surface area (Å²) in [5, 5.41) is 12.8. The number of hydrogen-bond donors (Lipinski definition) is 1. The number of hydrogen-bond acceptors (Lipinski definition) is 4. The molecule has 6 aliphatic rings. The molecule has 1 heterocycles. The average molecular weight is 382 g/mol. The molecule has 4 nitrogen and oxygen atoms in total. The fourth-order valence-corrected chi connectivity index (χ4v) is 8.31. The number of oxime groups is 1. The van der Waals surface area contributed by atoms with E-state index in [0.717, 1.165) is 48.6 Å². The molecule has 0 radical (unpaired) electrons. The summed E-state index contributed by atoms with van der Waals surface area (Å²) in [7, 11) is 0. The zero-order valence-corrected chi connectivity index (χ0v) is 16.8. The summed E-state index contributed by atoms with van der Waals surface area (Å²) >= 11 is 0. The van der Waals surface area contributed by atoms with Crippen LogP contribution in [0.2, 0.25) is 0 Å². The highest BCUT2D eigenvalue weighted by atomic mass is 16.6. The average Bonchev–Trinajstić information content (AvgIpc) is 3.42. The van der Waals surface area contributed by atoms with Crippen LogP contribution < -0.4 is 0 Å². The molecule has 4 saturated carbocycles. The van der Waals surface area contributed by atoms with Gasteiger partial charge in [0.25, 0.3) is 0 Å². The molecule has 1 spiro atoms. The van der Waals surface area contributed by atoms with Crippen LogP contribution in [0.3, 0.4) is 0 Å². The van der Waals surface area contributed by atoms with Gasteiger partial charge in [-0.25, -0.2) is 4.79 Å². The van der Waals surface area contributed by atoms with E-state index in [-0.39, 0.29) is 17.0 Å². The summed E-state index contributed by atoms with van der Waals surface area (Å²) in [5.41, 5.74) is 2.20. The predicted octanol–water partition coefficient (Wildman–Crippen LogP) is 4.88. The Hall–Kier alpha value is -1.58. The highest BCUT2D eigenvalue weighted by Crippen LogP contribution is 2.69. The van der Waals surface area contributed by atoms with Gasteiger partial charge >= 0.3 is 5.97 Å². The van der Waals surface area contributed by atoms with Crippen LogP contribution in [0.5, 0.6) is 0 Å². The smallest absolute Gasteiger partial charge is 0.331 e. The summed E-state index contributed by atoms with van der Waals surface area (Å²) in [4.78, 5) is 12.0. The molecule has 0 aromatic carbocycles. The minimum Gasteiger partial charge on any atom is -0.451 e. The van der Waals surface area contributed by atoms with Gasteiger partial charge in [-0.2, -0.15) is 0 Å². The third-order valence-electron chi connectivity index (χ3n) is 9.72. The number of rotatable bonds is 1. The van der Waals surface area contributed by atoms with E-state index < -0.39 is 0 Å². The highest BCUT2D eigenvalue weighted by Gasteiger charge is 2.66. The maximum absolute atomic E-state index is 12.0. The zero-order chi connectivity index (χ0) is 19.1. The van der Waals surface area contributed by atoms with E-state index in [0.29, 0.717) is 11.8 Å². The molecule has 4 unspecified atom stereocenters. The minimum atomic E-state index is -0.340. The molecule has 1 N–H and O–H groups in total. The van der Waals surface area contributed by atoms with Gasteiger partial charge in [0.1, 0.15) is 5.60 Å². The van der Waals surface area contributed by atoms with Gasteiger partial charge in [-0.15, -0.1) is 0 Å². The first-order valence-electron chi connectivity index (χ1n) is 11.4. The number of ether oxygens (including phenoxy) is 1. The van der Waals surface area contributed by atoms with E-state index >= 15 is 0 Å². The Bertz CT molecular complexity index is 809. The van der Waals surface area contributed by atoms with Crippen LogP contribution in [0.4, 0.5) is 0 Å². The lowest BCUT2D eigenvalue weighted by atomic mass is 9.47. The van der Waals surface area contributed by atoms with Gasteiger partial charge in [-0.3, -0.25) is 0 Å². The highest BCUT2D eigenvalue weighted by molar-refractivity contribution is 5.96. The predicted molar refractivity (Wildman–Crippen MR) is 106 cm³/mol. The number of fused-ring (bicyclic) bond motifs is 6. The molecule has 28 heavy (non-hydrogen) atoms. The number of carbonyl (C=O) groups is 1. The Kier molecular flexibility index (Phi) is 3.54. The molecule has 7 atom stereocenters. The third-order valence-corrected chi connectivity index (χ3v) is 9.72. The molecule has 0 saturated heterocycles. The molecule has 150 valence electrons. The quantitative estimate of drug-likeness (QED) is 0.400. The largest absolute Gasteiger partial charge is 0.451 e. The standard InChI is InChI=1S/C24H31NO3/c1-23-9-6-18-17-5-4-16(25-27)12-15(17)13-19(14-2-3-14)22(18)20(23)7-10-24(23)11-8-21(26)28-24/h8,11-12,14,17-20,22,27H,2-7,9-10,13H2,1H3/b25-16-/t17-,18?,19?,20?,22?,23-,24+/m0/s1. The molecular weight excluding hydrogens is 350 g/mol. The van der Waals surface area contributed by atoms with Gasteiger partial charge < -0.3 is 9.94 Å². The van der Waals surface area contributed by atoms with Crippen molar-refractivity contribution < 1.29 is 14.7 Å². The maximum atomic E-state index is 12.0. The molecule has 4 heteroatoms. The van der Waals surface area contributed by atoms with Gasteiger partial charge in [-0.05, 0) is 105 Å². The molecule has 1 aliphatic heterocycles. The molecule has 6 rings (SSSR count). The van der Waals surface area contributed by atoms with Crippen molar-refractivity contribution in [3.05, 3.63) is 23.8 Å². The van der Waals surface area contributed by atoms with Crippen LogP contribution >= 0.6 is 0 Å². The van der Waals surface area contributed by atoms with Gasteiger partial charge in [-0.1, -0.05) is 17.7 Å².